The lowest BCUT2D eigenvalue weighted by Crippen LogP contribution is -2.48. The van der Waals surface area contributed by atoms with Gasteiger partial charge in [0.1, 0.15) is 5.75 Å². The lowest BCUT2D eigenvalue weighted by molar-refractivity contribution is -0.118. The van der Waals surface area contributed by atoms with Crippen LogP contribution in [0.4, 0.5) is 5.69 Å². The highest BCUT2D eigenvalue weighted by molar-refractivity contribution is 6.04. The number of carbonyl (C=O) groups is 2. The molecule has 1 aliphatic rings. The number of nitrogens with zero attached hydrogens (tertiary/aromatic N) is 1. The van der Waals surface area contributed by atoms with Gasteiger partial charge >= 0.3 is 0 Å². The van der Waals surface area contributed by atoms with Gasteiger partial charge in [-0.2, -0.15) is 0 Å². The third-order valence-electron chi connectivity index (χ3n) is 4.53. The molecule has 6 heteroatoms. The first-order chi connectivity index (χ1) is 13.4. The molecule has 1 N–H and O–H groups in total. The highest BCUT2D eigenvalue weighted by Gasteiger charge is 2.28. The monoisotopic (exact) mass is 382 g/mol. The fourth-order valence-electron chi connectivity index (χ4n) is 3.26. The van der Waals surface area contributed by atoms with E-state index in [9.17, 15) is 9.59 Å². The molecule has 6 nitrogen and oxygen atoms in total. The van der Waals surface area contributed by atoms with E-state index in [0.29, 0.717) is 30.1 Å². The van der Waals surface area contributed by atoms with Crippen molar-refractivity contribution in [2.45, 2.75) is 33.0 Å². The van der Waals surface area contributed by atoms with Crippen molar-refractivity contribution in [3.8, 4) is 5.75 Å². The Morgan fingerprint density at radius 1 is 1.07 bits per heavy atom. The Hall–Kier alpha value is -2.86. The summed E-state index contributed by atoms with van der Waals surface area (Å²) in [6, 6.07) is 14.5. The molecule has 148 valence electrons. The van der Waals surface area contributed by atoms with E-state index in [1.807, 2.05) is 45.0 Å². The fourth-order valence-corrected chi connectivity index (χ4v) is 3.26. The minimum atomic E-state index is -0.315. The topological polar surface area (TPSA) is 67.9 Å². The zero-order chi connectivity index (χ0) is 20.1. The molecule has 0 radical (unpaired) electrons. The number of para-hydroxylation sites is 1. The zero-order valence-corrected chi connectivity index (χ0v) is 16.5. The smallest absolute Gasteiger partial charge is 0.262 e. The average molecular weight is 382 g/mol. The average Bonchev–Trinajstić information content (AvgIpc) is 2.67. The first kappa shape index (κ1) is 19.9. The summed E-state index contributed by atoms with van der Waals surface area (Å²) in [6.45, 7) is 6.82. The van der Waals surface area contributed by atoms with E-state index in [4.69, 9.17) is 9.47 Å². The summed E-state index contributed by atoms with van der Waals surface area (Å²) >= 11 is 0. The van der Waals surface area contributed by atoms with Gasteiger partial charge in [0.25, 0.3) is 11.8 Å². The molecular formula is C22H26N2O4. The molecule has 0 saturated carbocycles. The molecule has 1 fully saturated rings. The van der Waals surface area contributed by atoms with Crippen LogP contribution in [0.5, 0.6) is 5.75 Å². The number of benzene rings is 2. The van der Waals surface area contributed by atoms with Gasteiger partial charge in [-0.1, -0.05) is 29.8 Å². The number of ether oxygens (including phenoxy) is 2. The van der Waals surface area contributed by atoms with Crippen LogP contribution >= 0.6 is 0 Å². The van der Waals surface area contributed by atoms with E-state index in [2.05, 4.69) is 5.32 Å². The summed E-state index contributed by atoms with van der Waals surface area (Å²) in [4.78, 5) is 27.1. The lowest BCUT2D eigenvalue weighted by atomic mass is 10.1. The number of rotatable bonds is 5. The Morgan fingerprint density at radius 2 is 1.71 bits per heavy atom. The maximum Gasteiger partial charge on any atom is 0.262 e. The Bertz CT molecular complexity index is 825. The normalized spacial score (nSPS) is 19.2. The summed E-state index contributed by atoms with van der Waals surface area (Å²) in [5.41, 5.74) is 2.07. The van der Waals surface area contributed by atoms with Gasteiger partial charge in [-0.15, -0.1) is 0 Å². The van der Waals surface area contributed by atoms with Crippen LogP contribution in [0.1, 0.15) is 29.8 Å². The SMILES string of the molecule is Cc1ccc(OCC(=O)Nc2ccccc2C(=O)N2C[C@@H](C)O[C@H](C)C2)cc1. The van der Waals surface area contributed by atoms with Crippen LogP contribution in [-0.2, 0) is 9.53 Å². The molecule has 1 heterocycles. The van der Waals surface area contributed by atoms with Crippen molar-refractivity contribution in [2.75, 3.05) is 25.0 Å². The fraction of sp³-hybridized carbons (Fsp3) is 0.364. The molecule has 1 aliphatic heterocycles. The molecule has 1 saturated heterocycles. The van der Waals surface area contributed by atoms with Crippen LogP contribution in [-0.4, -0.2) is 48.6 Å². The summed E-state index contributed by atoms with van der Waals surface area (Å²) in [6.07, 6.45) is -0.0327. The van der Waals surface area contributed by atoms with Gasteiger partial charge < -0.3 is 19.7 Å². The predicted molar refractivity (Wildman–Crippen MR) is 108 cm³/mol. The van der Waals surface area contributed by atoms with E-state index in [0.717, 1.165) is 5.56 Å². The second-order valence-electron chi connectivity index (χ2n) is 7.16. The van der Waals surface area contributed by atoms with Crippen molar-refractivity contribution in [1.82, 2.24) is 4.90 Å². The van der Waals surface area contributed by atoms with Gasteiger partial charge in [0.05, 0.1) is 23.5 Å². The van der Waals surface area contributed by atoms with Crippen molar-refractivity contribution < 1.29 is 19.1 Å². The number of carbonyl (C=O) groups excluding carboxylic acids is 2. The lowest BCUT2D eigenvalue weighted by Gasteiger charge is -2.35. The Morgan fingerprint density at radius 3 is 2.39 bits per heavy atom. The zero-order valence-electron chi connectivity index (χ0n) is 16.5. The molecule has 0 bridgehead atoms. The molecule has 3 rings (SSSR count). The standard InChI is InChI=1S/C22H26N2O4/c1-15-8-10-18(11-9-15)27-14-21(25)23-20-7-5-4-6-19(20)22(26)24-12-16(2)28-17(3)13-24/h4-11,16-17H,12-14H2,1-3H3,(H,23,25)/t16-,17-/m1/s1. The van der Waals surface area contributed by atoms with Gasteiger partial charge in [0.15, 0.2) is 6.61 Å². The van der Waals surface area contributed by atoms with E-state index < -0.39 is 0 Å². The first-order valence-corrected chi connectivity index (χ1v) is 9.45. The highest BCUT2D eigenvalue weighted by Crippen LogP contribution is 2.20. The molecule has 0 aliphatic carbocycles. The van der Waals surface area contributed by atoms with Crippen molar-refractivity contribution >= 4 is 17.5 Å². The van der Waals surface area contributed by atoms with Gasteiger partial charge in [-0.3, -0.25) is 9.59 Å². The number of hydrogen-bond donors (Lipinski definition) is 1. The molecule has 0 unspecified atom stereocenters. The quantitative estimate of drug-likeness (QED) is 0.862. The van der Waals surface area contributed by atoms with Crippen molar-refractivity contribution in [3.05, 3.63) is 59.7 Å². The van der Waals surface area contributed by atoms with Crippen LogP contribution in [0.2, 0.25) is 0 Å². The van der Waals surface area contributed by atoms with Crippen LogP contribution in [0.25, 0.3) is 0 Å². The van der Waals surface area contributed by atoms with E-state index >= 15 is 0 Å². The van der Waals surface area contributed by atoms with Crippen LogP contribution in [0.3, 0.4) is 0 Å². The first-order valence-electron chi connectivity index (χ1n) is 9.45. The van der Waals surface area contributed by atoms with Gasteiger partial charge in [-0.25, -0.2) is 0 Å². The molecule has 2 aromatic carbocycles. The number of anilines is 1. The number of amides is 2. The third-order valence-corrected chi connectivity index (χ3v) is 4.53. The number of hydrogen-bond acceptors (Lipinski definition) is 4. The molecule has 28 heavy (non-hydrogen) atoms. The minimum Gasteiger partial charge on any atom is -0.484 e. The third kappa shape index (κ3) is 5.10. The van der Waals surface area contributed by atoms with E-state index in [-0.39, 0.29) is 30.6 Å². The maximum absolute atomic E-state index is 13.0. The second kappa shape index (κ2) is 8.89. The second-order valence-corrected chi connectivity index (χ2v) is 7.16. The van der Waals surface area contributed by atoms with Crippen LogP contribution < -0.4 is 10.1 Å². The van der Waals surface area contributed by atoms with Crippen LogP contribution in [0, 0.1) is 6.92 Å². The molecular weight excluding hydrogens is 356 g/mol. The molecule has 2 aromatic rings. The maximum atomic E-state index is 13.0. The van der Waals surface area contributed by atoms with Gasteiger partial charge in [0.2, 0.25) is 0 Å². The van der Waals surface area contributed by atoms with Crippen LogP contribution in [0.15, 0.2) is 48.5 Å². The molecule has 0 spiro atoms. The van der Waals surface area contributed by atoms with Crippen molar-refractivity contribution in [1.29, 1.82) is 0 Å². The Balaban J connectivity index is 1.65. The predicted octanol–water partition coefficient (Wildman–Crippen LogP) is 3.26. The van der Waals surface area contributed by atoms with Crippen molar-refractivity contribution in [2.24, 2.45) is 0 Å². The minimum absolute atomic E-state index is 0.0163. The molecule has 2 atom stereocenters. The Kier molecular flexibility index (Phi) is 6.31. The largest absolute Gasteiger partial charge is 0.484 e. The van der Waals surface area contributed by atoms with Crippen molar-refractivity contribution in [3.63, 3.8) is 0 Å². The molecule has 0 aromatic heterocycles. The molecule has 2 amide bonds. The number of aryl methyl sites for hydroxylation is 1. The summed E-state index contributed by atoms with van der Waals surface area (Å²) in [5.74, 6) is 0.197. The number of morpholine rings is 1. The number of nitrogens with one attached hydrogen (secondary N) is 1. The van der Waals surface area contributed by atoms with Gasteiger partial charge in [-0.05, 0) is 45.0 Å². The highest BCUT2D eigenvalue weighted by atomic mass is 16.5. The van der Waals surface area contributed by atoms with E-state index in [1.54, 1.807) is 29.2 Å². The Labute approximate surface area is 165 Å². The summed E-state index contributed by atoms with van der Waals surface area (Å²) in [5, 5.41) is 2.79. The van der Waals surface area contributed by atoms with Gasteiger partial charge in [0, 0.05) is 13.1 Å². The summed E-state index contributed by atoms with van der Waals surface area (Å²) in [7, 11) is 0. The summed E-state index contributed by atoms with van der Waals surface area (Å²) < 4.78 is 11.2. The van der Waals surface area contributed by atoms with E-state index in [1.165, 1.54) is 0 Å².